The zero-order chi connectivity index (χ0) is 9.84. The van der Waals surface area contributed by atoms with E-state index < -0.39 is 0 Å². The molecule has 0 spiro atoms. The fraction of sp³-hybridized carbons (Fsp3) is 0.400. The normalized spacial score (nSPS) is 10.2. The highest BCUT2D eigenvalue weighted by molar-refractivity contribution is 5.37. The van der Waals surface area contributed by atoms with Crippen LogP contribution in [-0.4, -0.2) is 14.2 Å². The molecule has 0 saturated carbocycles. The van der Waals surface area contributed by atoms with E-state index in [0.717, 1.165) is 11.3 Å². The standard InChI is InChI=1S/C10H14FNO/c1-7-4-10(13-3)8(6-12-2)5-9(7)11/h4-5,12H,6H2,1-3H3. The highest BCUT2D eigenvalue weighted by atomic mass is 19.1. The monoisotopic (exact) mass is 183 g/mol. The summed E-state index contributed by atoms with van der Waals surface area (Å²) in [6.45, 7) is 2.33. The van der Waals surface area contributed by atoms with E-state index in [1.54, 1.807) is 20.1 Å². The van der Waals surface area contributed by atoms with Crippen molar-refractivity contribution in [2.75, 3.05) is 14.2 Å². The molecule has 1 N–H and O–H groups in total. The topological polar surface area (TPSA) is 21.3 Å². The lowest BCUT2D eigenvalue weighted by molar-refractivity contribution is 0.406. The molecule has 13 heavy (non-hydrogen) atoms. The number of rotatable bonds is 3. The van der Waals surface area contributed by atoms with Crippen LogP contribution in [0, 0.1) is 12.7 Å². The predicted octanol–water partition coefficient (Wildman–Crippen LogP) is 1.86. The SMILES string of the molecule is CNCc1cc(F)c(C)cc1OC. The average molecular weight is 183 g/mol. The zero-order valence-corrected chi connectivity index (χ0v) is 8.15. The maximum absolute atomic E-state index is 13.1. The van der Waals surface area contributed by atoms with E-state index in [0.29, 0.717) is 12.1 Å². The summed E-state index contributed by atoms with van der Waals surface area (Å²) in [7, 11) is 3.41. The molecule has 0 unspecified atom stereocenters. The number of benzene rings is 1. The van der Waals surface area contributed by atoms with Gasteiger partial charge in [-0.25, -0.2) is 4.39 Å². The predicted molar refractivity (Wildman–Crippen MR) is 50.5 cm³/mol. The second-order valence-corrected chi connectivity index (χ2v) is 2.94. The van der Waals surface area contributed by atoms with Crippen molar-refractivity contribution < 1.29 is 9.13 Å². The van der Waals surface area contributed by atoms with Crippen LogP contribution in [0.1, 0.15) is 11.1 Å². The molecule has 0 amide bonds. The summed E-state index contributed by atoms with van der Waals surface area (Å²) in [4.78, 5) is 0. The van der Waals surface area contributed by atoms with E-state index in [-0.39, 0.29) is 5.82 Å². The van der Waals surface area contributed by atoms with Gasteiger partial charge >= 0.3 is 0 Å². The van der Waals surface area contributed by atoms with Gasteiger partial charge in [-0.15, -0.1) is 0 Å². The van der Waals surface area contributed by atoms with Gasteiger partial charge in [-0.05, 0) is 31.7 Å². The molecule has 0 aliphatic rings. The minimum absolute atomic E-state index is 0.189. The van der Waals surface area contributed by atoms with E-state index in [1.165, 1.54) is 6.07 Å². The number of nitrogens with one attached hydrogen (secondary N) is 1. The summed E-state index contributed by atoms with van der Waals surface area (Å²) in [6, 6.07) is 3.21. The van der Waals surface area contributed by atoms with Crippen molar-refractivity contribution in [1.82, 2.24) is 5.32 Å². The third-order valence-electron chi connectivity index (χ3n) is 1.93. The molecule has 3 heteroatoms. The van der Waals surface area contributed by atoms with Gasteiger partial charge in [-0.3, -0.25) is 0 Å². The molecule has 72 valence electrons. The second-order valence-electron chi connectivity index (χ2n) is 2.94. The van der Waals surface area contributed by atoms with E-state index in [9.17, 15) is 4.39 Å². The molecular weight excluding hydrogens is 169 g/mol. The first-order valence-electron chi connectivity index (χ1n) is 4.16. The van der Waals surface area contributed by atoms with Gasteiger partial charge in [0, 0.05) is 12.1 Å². The summed E-state index contributed by atoms with van der Waals surface area (Å²) in [5.41, 5.74) is 1.45. The highest BCUT2D eigenvalue weighted by Gasteiger charge is 2.06. The summed E-state index contributed by atoms with van der Waals surface area (Å²) in [5.74, 6) is 0.541. The molecule has 1 rings (SSSR count). The van der Waals surface area contributed by atoms with E-state index in [4.69, 9.17) is 4.74 Å². The smallest absolute Gasteiger partial charge is 0.126 e. The molecule has 0 radical (unpaired) electrons. The first-order chi connectivity index (χ1) is 6.19. The van der Waals surface area contributed by atoms with Crippen molar-refractivity contribution in [2.24, 2.45) is 0 Å². The molecule has 0 aliphatic carbocycles. The van der Waals surface area contributed by atoms with Crippen molar-refractivity contribution in [1.29, 1.82) is 0 Å². The quantitative estimate of drug-likeness (QED) is 0.772. The van der Waals surface area contributed by atoms with Crippen LogP contribution in [0.2, 0.25) is 0 Å². The second kappa shape index (κ2) is 4.23. The van der Waals surface area contributed by atoms with Gasteiger partial charge in [0.25, 0.3) is 0 Å². The van der Waals surface area contributed by atoms with Crippen LogP contribution in [0.4, 0.5) is 4.39 Å². The van der Waals surface area contributed by atoms with Gasteiger partial charge in [-0.2, -0.15) is 0 Å². The number of hydrogen-bond acceptors (Lipinski definition) is 2. The Morgan fingerprint density at radius 3 is 2.69 bits per heavy atom. The Labute approximate surface area is 77.7 Å². The third kappa shape index (κ3) is 2.18. The molecule has 0 bridgehead atoms. The van der Waals surface area contributed by atoms with Crippen LogP contribution in [-0.2, 0) is 6.54 Å². The number of halogens is 1. The van der Waals surface area contributed by atoms with E-state index in [2.05, 4.69) is 5.32 Å². The number of aryl methyl sites for hydroxylation is 1. The Kier molecular flexibility index (Phi) is 3.25. The average Bonchev–Trinajstić information content (AvgIpc) is 2.11. The first-order valence-corrected chi connectivity index (χ1v) is 4.16. The fourth-order valence-corrected chi connectivity index (χ4v) is 1.21. The van der Waals surface area contributed by atoms with Gasteiger partial charge < -0.3 is 10.1 Å². The van der Waals surface area contributed by atoms with Gasteiger partial charge in [0.2, 0.25) is 0 Å². The Morgan fingerprint density at radius 1 is 1.46 bits per heavy atom. The fourth-order valence-electron chi connectivity index (χ4n) is 1.21. The molecule has 0 fully saturated rings. The minimum Gasteiger partial charge on any atom is -0.496 e. The lowest BCUT2D eigenvalue weighted by atomic mass is 10.1. The van der Waals surface area contributed by atoms with Crippen LogP contribution in [0.3, 0.4) is 0 Å². The van der Waals surface area contributed by atoms with Crippen molar-refractivity contribution in [3.05, 3.63) is 29.1 Å². The largest absolute Gasteiger partial charge is 0.496 e. The van der Waals surface area contributed by atoms with E-state index >= 15 is 0 Å². The van der Waals surface area contributed by atoms with Crippen LogP contribution in [0.25, 0.3) is 0 Å². The lowest BCUT2D eigenvalue weighted by Gasteiger charge is -2.09. The molecule has 1 aromatic rings. The first kappa shape index (κ1) is 9.99. The van der Waals surface area contributed by atoms with Gasteiger partial charge in [-0.1, -0.05) is 0 Å². The zero-order valence-electron chi connectivity index (χ0n) is 8.15. The van der Waals surface area contributed by atoms with Gasteiger partial charge in [0.05, 0.1) is 7.11 Å². The molecule has 2 nitrogen and oxygen atoms in total. The number of methoxy groups -OCH3 is 1. The molecule has 0 saturated heterocycles. The number of hydrogen-bond donors (Lipinski definition) is 1. The minimum atomic E-state index is -0.189. The van der Waals surface area contributed by atoms with Crippen LogP contribution in [0.15, 0.2) is 12.1 Å². The van der Waals surface area contributed by atoms with Crippen molar-refractivity contribution >= 4 is 0 Å². The van der Waals surface area contributed by atoms with Crippen molar-refractivity contribution in [3.8, 4) is 5.75 Å². The molecule has 0 aromatic heterocycles. The highest BCUT2D eigenvalue weighted by Crippen LogP contribution is 2.22. The molecule has 0 aliphatic heterocycles. The third-order valence-corrected chi connectivity index (χ3v) is 1.93. The van der Waals surface area contributed by atoms with Crippen LogP contribution >= 0.6 is 0 Å². The van der Waals surface area contributed by atoms with Crippen LogP contribution < -0.4 is 10.1 Å². The van der Waals surface area contributed by atoms with Gasteiger partial charge in [0.15, 0.2) is 0 Å². The molecular formula is C10H14FNO. The van der Waals surface area contributed by atoms with Crippen molar-refractivity contribution in [3.63, 3.8) is 0 Å². The van der Waals surface area contributed by atoms with Crippen LogP contribution in [0.5, 0.6) is 5.75 Å². The Bertz CT molecular complexity index is 299. The summed E-state index contributed by atoms with van der Waals surface area (Å²) in [5, 5.41) is 2.96. The molecule has 0 atom stereocenters. The van der Waals surface area contributed by atoms with E-state index in [1.807, 2.05) is 7.05 Å². The molecule has 0 heterocycles. The Morgan fingerprint density at radius 2 is 2.15 bits per heavy atom. The Balaban J connectivity index is 3.09. The number of ether oxygens (including phenoxy) is 1. The maximum atomic E-state index is 13.1. The lowest BCUT2D eigenvalue weighted by Crippen LogP contribution is -2.07. The Hall–Kier alpha value is -1.09. The molecule has 1 aromatic carbocycles. The maximum Gasteiger partial charge on any atom is 0.126 e. The summed E-state index contributed by atoms with van der Waals surface area (Å²) >= 11 is 0. The van der Waals surface area contributed by atoms with Crippen molar-refractivity contribution in [2.45, 2.75) is 13.5 Å². The van der Waals surface area contributed by atoms with Gasteiger partial charge in [0.1, 0.15) is 11.6 Å². The summed E-state index contributed by atoms with van der Waals surface area (Å²) < 4.78 is 18.3. The summed E-state index contributed by atoms with van der Waals surface area (Å²) in [6.07, 6.45) is 0.